The Labute approximate surface area is 79.9 Å². The van der Waals surface area contributed by atoms with Gasteiger partial charge in [-0.2, -0.15) is 0 Å². The van der Waals surface area contributed by atoms with Crippen LogP contribution >= 0.6 is 22.6 Å². The molecule has 1 nitrogen and oxygen atoms in total. The van der Waals surface area contributed by atoms with Crippen molar-refractivity contribution in [3.8, 4) is 0 Å². The van der Waals surface area contributed by atoms with Gasteiger partial charge in [0, 0.05) is 3.57 Å². The van der Waals surface area contributed by atoms with Gasteiger partial charge < -0.3 is 4.74 Å². The fraction of sp³-hybridized carbons (Fsp3) is 0.333. The van der Waals surface area contributed by atoms with E-state index in [1.165, 1.54) is 20.3 Å². The summed E-state index contributed by atoms with van der Waals surface area (Å²) in [5.74, 6) is 0. The SMILES string of the molecule is Cc1cc2c(cc1I)COC2. The third-order valence-corrected chi connectivity index (χ3v) is 3.16. The predicted octanol–water partition coefficient (Wildman–Crippen LogP) is 2.63. The Kier molecular flexibility index (Phi) is 1.89. The number of hydrogen-bond acceptors (Lipinski definition) is 1. The molecule has 1 heterocycles. The Balaban J connectivity index is 2.57. The van der Waals surface area contributed by atoms with Gasteiger partial charge in [0.05, 0.1) is 13.2 Å². The van der Waals surface area contributed by atoms with Crippen LogP contribution in [0.25, 0.3) is 0 Å². The Hall–Kier alpha value is -0.0900. The van der Waals surface area contributed by atoms with Gasteiger partial charge in [0.25, 0.3) is 0 Å². The molecule has 0 unspecified atom stereocenters. The second-order valence-electron chi connectivity index (χ2n) is 2.86. The van der Waals surface area contributed by atoms with Crippen molar-refractivity contribution in [1.29, 1.82) is 0 Å². The van der Waals surface area contributed by atoms with Crippen molar-refractivity contribution in [1.82, 2.24) is 0 Å². The zero-order chi connectivity index (χ0) is 7.84. The van der Waals surface area contributed by atoms with Crippen LogP contribution in [0.15, 0.2) is 12.1 Å². The second kappa shape index (κ2) is 2.75. The summed E-state index contributed by atoms with van der Waals surface area (Å²) in [6, 6.07) is 4.45. The molecule has 0 fully saturated rings. The standard InChI is InChI=1S/C9H9IO/c1-6-2-7-4-11-5-8(7)3-9(6)10/h2-3H,4-5H2,1H3. The number of rotatable bonds is 0. The van der Waals surface area contributed by atoms with E-state index in [9.17, 15) is 0 Å². The van der Waals surface area contributed by atoms with Gasteiger partial charge in [0.15, 0.2) is 0 Å². The fourth-order valence-corrected chi connectivity index (χ4v) is 1.85. The maximum Gasteiger partial charge on any atom is 0.0725 e. The molecule has 0 aromatic heterocycles. The van der Waals surface area contributed by atoms with Gasteiger partial charge in [0.2, 0.25) is 0 Å². The smallest absolute Gasteiger partial charge is 0.0725 e. The molecular weight excluding hydrogens is 251 g/mol. The molecule has 1 aromatic rings. The molecule has 1 aliphatic rings. The molecule has 0 radical (unpaired) electrons. The lowest BCUT2D eigenvalue weighted by atomic mass is 10.1. The van der Waals surface area contributed by atoms with Crippen LogP contribution < -0.4 is 0 Å². The van der Waals surface area contributed by atoms with E-state index in [1.54, 1.807) is 0 Å². The third-order valence-electron chi connectivity index (χ3n) is 2.00. The zero-order valence-electron chi connectivity index (χ0n) is 6.36. The molecule has 0 amide bonds. The van der Waals surface area contributed by atoms with Crippen molar-refractivity contribution < 1.29 is 4.74 Å². The highest BCUT2D eigenvalue weighted by Gasteiger charge is 2.11. The normalized spacial score (nSPS) is 15.1. The Bertz CT molecular complexity index is 265. The molecular formula is C9H9IO. The van der Waals surface area contributed by atoms with Crippen LogP contribution in [-0.2, 0) is 18.0 Å². The average molecular weight is 260 g/mol. The summed E-state index contributed by atoms with van der Waals surface area (Å²) in [6.45, 7) is 3.74. The lowest BCUT2D eigenvalue weighted by Gasteiger charge is -2.00. The lowest BCUT2D eigenvalue weighted by Crippen LogP contribution is -1.87. The minimum atomic E-state index is 0.797. The van der Waals surface area contributed by atoms with E-state index in [0.29, 0.717) is 0 Å². The first kappa shape index (κ1) is 7.55. The first-order chi connectivity index (χ1) is 5.27. The highest BCUT2D eigenvalue weighted by Crippen LogP contribution is 2.24. The van der Waals surface area contributed by atoms with Crippen molar-refractivity contribution in [2.24, 2.45) is 0 Å². The summed E-state index contributed by atoms with van der Waals surface area (Å²) in [6.07, 6.45) is 0. The van der Waals surface area contributed by atoms with Gasteiger partial charge in [0.1, 0.15) is 0 Å². The maximum absolute atomic E-state index is 5.32. The van der Waals surface area contributed by atoms with Gasteiger partial charge in [-0.05, 0) is 52.3 Å². The first-order valence-electron chi connectivity index (χ1n) is 3.63. The molecule has 0 bridgehead atoms. The van der Waals surface area contributed by atoms with Crippen molar-refractivity contribution >= 4 is 22.6 Å². The van der Waals surface area contributed by atoms with Gasteiger partial charge in [-0.25, -0.2) is 0 Å². The molecule has 0 atom stereocenters. The topological polar surface area (TPSA) is 9.23 Å². The van der Waals surface area contributed by atoms with Crippen LogP contribution in [0.5, 0.6) is 0 Å². The molecule has 1 aliphatic heterocycles. The summed E-state index contributed by atoms with van der Waals surface area (Å²) < 4.78 is 6.66. The Morgan fingerprint density at radius 3 is 2.64 bits per heavy atom. The number of hydrogen-bond donors (Lipinski definition) is 0. The van der Waals surface area contributed by atoms with E-state index >= 15 is 0 Å². The molecule has 2 heteroatoms. The largest absolute Gasteiger partial charge is 0.372 e. The fourth-order valence-electron chi connectivity index (χ4n) is 1.32. The van der Waals surface area contributed by atoms with E-state index in [2.05, 4.69) is 41.6 Å². The van der Waals surface area contributed by atoms with Gasteiger partial charge in [-0.1, -0.05) is 6.07 Å². The molecule has 1 aromatic carbocycles. The number of benzene rings is 1. The van der Waals surface area contributed by atoms with Gasteiger partial charge in [-0.15, -0.1) is 0 Å². The summed E-state index contributed by atoms with van der Waals surface area (Å²) in [7, 11) is 0. The van der Waals surface area contributed by atoms with Gasteiger partial charge >= 0.3 is 0 Å². The van der Waals surface area contributed by atoms with Crippen molar-refractivity contribution in [3.63, 3.8) is 0 Å². The summed E-state index contributed by atoms with van der Waals surface area (Å²) in [5, 5.41) is 0. The van der Waals surface area contributed by atoms with E-state index in [1.807, 2.05) is 0 Å². The quantitative estimate of drug-likeness (QED) is 0.651. The van der Waals surface area contributed by atoms with E-state index in [-0.39, 0.29) is 0 Å². The highest BCUT2D eigenvalue weighted by molar-refractivity contribution is 14.1. The van der Waals surface area contributed by atoms with E-state index in [4.69, 9.17) is 4.74 Å². The number of aryl methyl sites for hydroxylation is 1. The summed E-state index contributed by atoms with van der Waals surface area (Å²) >= 11 is 2.36. The zero-order valence-corrected chi connectivity index (χ0v) is 8.51. The third kappa shape index (κ3) is 1.29. The summed E-state index contributed by atoms with van der Waals surface area (Å²) in [4.78, 5) is 0. The average Bonchev–Trinajstić information content (AvgIpc) is 2.36. The Morgan fingerprint density at radius 2 is 1.91 bits per heavy atom. The molecule has 0 aliphatic carbocycles. The molecule has 0 N–H and O–H groups in total. The molecule has 58 valence electrons. The molecule has 11 heavy (non-hydrogen) atoms. The minimum Gasteiger partial charge on any atom is -0.372 e. The Morgan fingerprint density at radius 1 is 1.27 bits per heavy atom. The van der Waals surface area contributed by atoms with Crippen LogP contribution in [-0.4, -0.2) is 0 Å². The number of ether oxygens (including phenoxy) is 1. The summed E-state index contributed by atoms with van der Waals surface area (Å²) in [5.41, 5.74) is 4.08. The molecule has 0 saturated carbocycles. The molecule has 2 rings (SSSR count). The van der Waals surface area contributed by atoms with Gasteiger partial charge in [-0.3, -0.25) is 0 Å². The van der Waals surface area contributed by atoms with E-state index < -0.39 is 0 Å². The van der Waals surface area contributed by atoms with Crippen LogP contribution in [0.2, 0.25) is 0 Å². The second-order valence-corrected chi connectivity index (χ2v) is 4.03. The van der Waals surface area contributed by atoms with Crippen LogP contribution in [0.1, 0.15) is 16.7 Å². The minimum absolute atomic E-state index is 0.797. The maximum atomic E-state index is 5.32. The highest BCUT2D eigenvalue weighted by atomic mass is 127. The molecule has 0 spiro atoms. The van der Waals surface area contributed by atoms with Crippen LogP contribution in [0, 0.1) is 10.5 Å². The van der Waals surface area contributed by atoms with Crippen molar-refractivity contribution in [2.75, 3.05) is 0 Å². The number of halogens is 1. The van der Waals surface area contributed by atoms with E-state index in [0.717, 1.165) is 13.2 Å². The number of fused-ring (bicyclic) bond motifs is 1. The lowest BCUT2D eigenvalue weighted by molar-refractivity contribution is 0.134. The van der Waals surface area contributed by atoms with Crippen LogP contribution in [0.3, 0.4) is 0 Å². The van der Waals surface area contributed by atoms with Crippen molar-refractivity contribution in [2.45, 2.75) is 20.1 Å². The predicted molar refractivity (Wildman–Crippen MR) is 52.4 cm³/mol. The monoisotopic (exact) mass is 260 g/mol. The first-order valence-corrected chi connectivity index (χ1v) is 4.71. The van der Waals surface area contributed by atoms with Crippen molar-refractivity contribution in [3.05, 3.63) is 32.4 Å². The molecule has 0 saturated heterocycles. The van der Waals surface area contributed by atoms with Crippen LogP contribution in [0.4, 0.5) is 0 Å².